The molecule has 0 fully saturated rings. The van der Waals surface area contributed by atoms with Crippen molar-refractivity contribution in [3.63, 3.8) is 0 Å². The largest absolute Gasteiger partial charge is 0.353 e. The molecule has 27 heavy (non-hydrogen) atoms. The molecular formula is C20H19N3O3S. The van der Waals surface area contributed by atoms with Crippen molar-refractivity contribution in [2.75, 3.05) is 0 Å². The highest BCUT2D eigenvalue weighted by atomic mass is 32.1. The van der Waals surface area contributed by atoms with Gasteiger partial charge in [0.25, 0.3) is 5.69 Å². The maximum atomic E-state index is 12.8. The summed E-state index contributed by atoms with van der Waals surface area (Å²) in [7, 11) is 1.95. The number of hydrogen-bond acceptors (Lipinski definition) is 4. The lowest BCUT2D eigenvalue weighted by molar-refractivity contribution is -0.384. The summed E-state index contributed by atoms with van der Waals surface area (Å²) in [6.07, 6.45) is 5.14. The molecule has 7 heteroatoms. The average molecular weight is 381 g/mol. The molecule has 0 saturated carbocycles. The number of aromatic nitrogens is 1. The van der Waals surface area contributed by atoms with Crippen molar-refractivity contribution in [3.05, 3.63) is 92.4 Å². The van der Waals surface area contributed by atoms with E-state index in [0.717, 1.165) is 16.1 Å². The number of nitrogens with zero attached hydrogens (tertiary/aromatic N) is 3. The Labute approximate surface area is 161 Å². The van der Waals surface area contributed by atoms with Crippen molar-refractivity contribution < 1.29 is 9.72 Å². The van der Waals surface area contributed by atoms with E-state index in [0.29, 0.717) is 13.1 Å². The molecule has 0 unspecified atom stereocenters. The van der Waals surface area contributed by atoms with E-state index in [1.165, 1.54) is 18.2 Å². The highest BCUT2D eigenvalue weighted by Crippen LogP contribution is 2.16. The number of benzene rings is 1. The van der Waals surface area contributed by atoms with E-state index >= 15 is 0 Å². The summed E-state index contributed by atoms with van der Waals surface area (Å²) in [4.78, 5) is 26.0. The molecule has 1 amide bonds. The Balaban J connectivity index is 1.75. The number of amides is 1. The molecule has 3 rings (SSSR count). The third kappa shape index (κ3) is 4.92. The summed E-state index contributed by atoms with van der Waals surface area (Å²) in [5.74, 6) is -0.108. The standard InChI is InChI=1S/C20H19N3O3S/c1-21-12-2-4-18(21)14-22(15-19-5-3-13-27-19)20(24)11-8-16-6-9-17(10-7-16)23(25)26/h2-13H,14-15H2,1H3/b11-8+. The van der Waals surface area contributed by atoms with Gasteiger partial charge in [0, 0.05) is 42.0 Å². The molecule has 1 aromatic carbocycles. The highest BCUT2D eigenvalue weighted by Gasteiger charge is 2.14. The Morgan fingerprint density at radius 3 is 2.56 bits per heavy atom. The van der Waals surface area contributed by atoms with Gasteiger partial charge in [0.2, 0.25) is 5.91 Å². The third-order valence-corrected chi connectivity index (χ3v) is 5.03. The van der Waals surface area contributed by atoms with E-state index in [-0.39, 0.29) is 11.6 Å². The first kappa shape index (κ1) is 18.6. The van der Waals surface area contributed by atoms with Gasteiger partial charge in [-0.1, -0.05) is 6.07 Å². The van der Waals surface area contributed by atoms with Gasteiger partial charge in [-0.2, -0.15) is 0 Å². The van der Waals surface area contributed by atoms with Crippen LogP contribution in [0.5, 0.6) is 0 Å². The quantitative estimate of drug-likeness (QED) is 0.349. The van der Waals surface area contributed by atoms with Crippen LogP contribution in [-0.2, 0) is 24.9 Å². The smallest absolute Gasteiger partial charge is 0.269 e. The summed E-state index contributed by atoms with van der Waals surface area (Å²) in [6, 6.07) is 14.0. The first-order valence-corrected chi connectivity index (χ1v) is 9.25. The van der Waals surface area contributed by atoms with Crippen LogP contribution in [-0.4, -0.2) is 20.3 Å². The molecule has 0 atom stereocenters. The van der Waals surface area contributed by atoms with Crippen LogP contribution < -0.4 is 0 Å². The lowest BCUT2D eigenvalue weighted by Crippen LogP contribution is -2.29. The molecule has 0 aliphatic rings. The summed E-state index contributed by atoms with van der Waals surface area (Å²) in [5.41, 5.74) is 1.81. The minimum absolute atomic E-state index is 0.0292. The Kier molecular flexibility index (Phi) is 5.83. The van der Waals surface area contributed by atoms with Gasteiger partial charge >= 0.3 is 0 Å². The molecule has 0 N–H and O–H groups in total. The number of nitro groups is 1. The van der Waals surface area contributed by atoms with Gasteiger partial charge in [-0.25, -0.2) is 0 Å². The SMILES string of the molecule is Cn1cccc1CN(Cc1cccs1)C(=O)/C=C/c1ccc([N+](=O)[O-])cc1. The lowest BCUT2D eigenvalue weighted by Gasteiger charge is -2.21. The second-order valence-corrected chi connectivity index (χ2v) is 7.10. The Hall–Kier alpha value is -3.19. The number of rotatable bonds is 7. The molecule has 0 saturated heterocycles. The number of non-ortho nitro benzene ring substituents is 1. The first-order valence-electron chi connectivity index (χ1n) is 8.37. The molecule has 2 heterocycles. The molecule has 3 aromatic rings. The van der Waals surface area contributed by atoms with Crippen molar-refractivity contribution in [1.29, 1.82) is 0 Å². The van der Waals surface area contributed by atoms with Gasteiger partial charge in [-0.05, 0) is 47.4 Å². The van der Waals surface area contributed by atoms with E-state index < -0.39 is 4.92 Å². The van der Waals surface area contributed by atoms with Crippen LogP contribution in [0.15, 0.2) is 66.2 Å². The van der Waals surface area contributed by atoms with Crippen molar-refractivity contribution in [2.24, 2.45) is 7.05 Å². The second-order valence-electron chi connectivity index (χ2n) is 6.07. The van der Waals surface area contributed by atoms with Gasteiger partial charge in [0.05, 0.1) is 18.0 Å². The number of hydrogen-bond donors (Lipinski definition) is 0. The van der Waals surface area contributed by atoms with E-state index in [1.54, 1.807) is 34.4 Å². The molecule has 0 aliphatic heterocycles. The Morgan fingerprint density at radius 1 is 1.19 bits per heavy atom. The number of aryl methyl sites for hydroxylation is 1. The average Bonchev–Trinajstić information content (AvgIpc) is 3.31. The highest BCUT2D eigenvalue weighted by molar-refractivity contribution is 7.09. The van der Waals surface area contributed by atoms with E-state index in [9.17, 15) is 14.9 Å². The predicted octanol–water partition coefficient (Wildman–Crippen LogP) is 4.24. The molecule has 2 aromatic heterocycles. The summed E-state index contributed by atoms with van der Waals surface area (Å²) in [5, 5.41) is 12.7. The van der Waals surface area contributed by atoms with Gasteiger partial charge in [-0.3, -0.25) is 14.9 Å². The van der Waals surface area contributed by atoms with Crippen molar-refractivity contribution in [2.45, 2.75) is 13.1 Å². The normalized spacial score (nSPS) is 11.0. The zero-order chi connectivity index (χ0) is 19.2. The Morgan fingerprint density at radius 2 is 1.96 bits per heavy atom. The number of carbonyl (C=O) groups excluding carboxylic acids is 1. The first-order chi connectivity index (χ1) is 13.0. The van der Waals surface area contributed by atoms with Gasteiger partial charge < -0.3 is 9.47 Å². The zero-order valence-electron chi connectivity index (χ0n) is 14.8. The molecule has 6 nitrogen and oxygen atoms in total. The molecule has 0 spiro atoms. The number of thiophene rings is 1. The maximum absolute atomic E-state index is 12.8. The van der Waals surface area contributed by atoms with Gasteiger partial charge in [0.1, 0.15) is 0 Å². The maximum Gasteiger partial charge on any atom is 0.269 e. The van der Waals surface area contributed by atoms with Crippen LogP contribution in [0.4, 0.5) is 5.69 Å². The fourth-order valence-electron chi connectivity index (χ4n) is 2.64. The van der Waals surface area contributed by atoms with Gasteiger partial charge in [0.15, 0.2) is 0 Å². The van der Waals surface area contributed by atoms with E-state index in [4.69, 9.17) is 0 Å². The van der Waals surface area contributed by atoms with Crippen LogP contribution in [0.1, 0.15) is 16.1 Å². The van der Waals surface area contributed by atoms with E-state index in [1.807, 2.05) is 47.5 Å². The second kappa shape index (κ2) is 8.46. The lowest BCUT2D eigenvalue weighted by atomic mass is 10.2. The molecular weight excluding hydrogens is 362 g/mol. The van der Waals surface area contributed by atoms with Crippen LogP contribution in [0.25, 0.3) is 6.08 Å². The van der Waals surface area contributed by atoms with Crippen molar-refractivity contribution in [1.82, 2.24) is 9.47 Å². The summed E-state index contributed by atoms with van der Waals surface area (Å²) >= 11 is 1.62. The number of carbonyl (C=O) groups is 1. The monoisotopic (exact) mass is 381 g/mol. The molecule has 0 radical (unpaired) electrons. The predicted molar refractivity (Wildman–Crippen MR) is 106 cm³/mol. The zero-order valence-corrected chi connectivity index (χ0v) is 15.6. The Bertz CT molecular complexity index is 943. The van der Waals surface area contributed by atoms with Crippen molar-refractivity contribution in [3.8, 4) is 0 Å². The fraction of sp³-hybridized carbons (Fsp3) is 0.150. The van der Waals surface area contributed by atoms with E-state index in [2.05, 4.69) is 0 Å². The molecule has 0 aliphatic carbocycles. The van der Waals surface area contributed by atoms with Crippen LogP contribution >= 0.6 is 11.3 Å². The van der Waals surface area contributed by atoms with Crippen LogP contribution in [0, 0.1) is 10.1 Å². The van der Waals surface area contributed by atoms with Crippen LogP contribution in [0.2, 0.25) is 0 Å². The number of nitro benzene ring substituents is 1. The summed E-state index contributed by atoms with van der Waals surface area (Å²) in [6.45, 7) is 1.04. The minimum Gasteiger partial charge on any atom is -0.353 e. The van der Waals surface area contributed by atoms with Crippen molar-refractivity contribution >= 4 is 29.0 Å². The fourth-order valence-corrected chi connectivity index (χ4v) is 3.36. The molecule has 138 valence electrons. The topological polar surface area (TPSA) is 68.4 Å². The molecule has 0 bridgehead atoms. The summed E-state index contributed by atoms with van der Waals surface area (Å²) < 4.78 is 1.99. The van der Waals surface area contributed by atoms with Crippen LogP contribution in [0.3, 0.4) is 0 Å². The third-order valence-electron chi connectivity index (χ3n) is 4.16. The minimum atomic E-state index is -0.443. The van der Waals surface area contributed by atoms with Gasteiger partial charge in [-0.15, -0.1) is 11.3 Å².